The van der Waals surface area contributed by atoms with Gasteiger partial charge in [-0.25, -0.2) is 9.59 Å². The van der Waals surface area contributed by atoms with Crippen molar-refractivity contribution in [3.05, 3.63) is 59.7 Å². The third-order valence-electron chi connectivity index (χ3n) is 7.49. The van der Waals surface area contributed by atoms with E-state index in [2.05, 4.69) is 34.9 Å². The Morgan fingerprint density at radius 3 is 2.39 bits per heavy atom. The Hall–Kier alpha value is -3.53. The molecule has 3 atom stereocenters. The highest BCUT2D eigenvalue weighted by Gasteiger charge is 2.49. The van der Waals surface area contributed by atoms with Crippen LogP contribution in [-0.2, 0) is 14.3 Å². The molecule has 2 aliphatic heterocycles. The number of nitrogens with zero attached hydrogens (tertiary/aromatic N) is 1. The van der Waals surface area contributed by atoms with Gasteiger partial charge < -0.3 is 20.5 Å². The Morgan fingerprint density at radius 2 is 1.71 bits per heavy atom. The van der Waals surface area contributed by atoms with Gasteiger partial charge in [0, 0.05) is 36.3 Å². The van der Waals surface area contributed by atoms with Gasteiger partial charge in [-0.2, -0.15) is 11.8 Å². The summed E-state index contributed by atoms with van der Waals surface area (Å²) in [5.74, 6) is -0.531. The van der Waals surface area contributed by atoms with E-state index in [1.807, 2.05) is 24.3 Å². The average Bonchev–Trinajstić information content (AvgIpc) is 3.55. The first-order valence-electron chi connectivity index (χ1n) is 13.0. The van der Waals surface area contributed by atoms with Crippen LogP contribution in [-0.4, -0.2) is 70.2 Å². The zero-order chi connectivity index (χ0) is 26.6. The van der Waals surface area contributed by atoms with E-state index in [4.69, 9.17) is 9.84 Å². The first-order chi connectivity index (χ1) is 18.4. The van der Waals surface area contributed by atoms with Gasteiger partial charge in [0.2, 0.25) is 5.91 Å². The predicted octanol–water partition coefficient (Wildman–Crippen LogP) is 3.96. The van der Waals surface area contributed by atoms with Crippen molar-refractivity contribution in [2.45, 2.75) is 55.4 Å². The van der Waals surface area contributed by atoms with Crippen molar-refractivity contribution in [1.29, 1.82) is 0 Å². The van der Waals surface area contributed by atoms with Crippen LogP contribution in [0.5, 0.6) is 0 Å². The Morgan fingerprint density at radius 1 is 1.03 bits per heavy atom. The van der Waals surface area contributed by atoms with Crippen molar-refractivity contribution in [2.24, 2.45) is 0 Å². The third-order valence-corrected chi connectivity index (χ3v) is 8.98. The highest BCUT2D eigenvalue weighted by molar-refractivity contribution is 8.00. The maximum Gasteiger partial charge on any atom is 0.407 e. The number of aliphatic carboxylic acids is 1. The fraction of sp³-hybridized carbons (Fsp3) is 0.429. The molecule has 0 radical (unpaired) electrons. The van der Waals surface area contributed by atoms with Crippen molar-refractivity contribution < 1.29 is 29.0 Å². The molecule has 200 valence electrons. The van der Waals surface area contributed by atoms with E-state index in [-0.39, 0.29) is 55.2 Å². The number of carbonyl (C=O) groups is 4. The van der Waals surface area contributed by atoms with Crippen LogP contribution in [0.25, 0.3) is 11.1 Å². The summed E-state index contributed by atoms with van der Waals surface area (Å²) in [6.45, 7) is 0.263. The van der Waals surface area contributed by atoms with E-state index < -0.39 is 18.1 Å². The van der Waals surface area contributed by atoms with Crippen LogP contribution in [0.4, 0.5) is 9.59 Å². The summed E-state index contributed by atoms with van der Waals surface area (Å²) in [6, 6.07) is 15.5. The van der Waals surface area contributed by atoms with Crippen molar-refractivity contribution in [3.63, 3.8) is 0 Å². The number of urea groups is 1. The molecule has 2 fully saturated rings. The van der Waals surface area contributed by atoms with Crippen LogP contribution in [0.15, 0.2) is 48.5 Å². The molecule has 2 heterocycles. The maximum absolute atomic E-state index is 12.9. The molecule has 4 amide bonds. The lowest BCUT2D eigenvalue weighted by Crippen LogP contribution is -2.42. The van der Waals surface area contributed by atoms with Crippen molar-refractivity contribution in [3.8, 4) is 11.1 Å². The first-order valence-corrected chi connectivity index (χ1v) is 14.0. The zero-order valence-corrected chi connectivity index (χ0v) is 21.7. The van der Waals surface area contributed by atoms with E-state index in [0.717, 1.165) is 35.1 Å². The summed E-state index contributed by atoms with van der Waals surface area (Å²) in [6.07, 6.45) is 1.70. The number of alkyl carbamates (subject to hydrolysis) is 1. The molecule has 2 saturated heterocycles. The van der Waals surface area contributed by atoms with E-state index in [1.54, 1.807) is 11.8 Å². The number of hydrogen-bond donors (Lipinski definition) is 3. The molecule has 2 aromatic carbocycles. The molecule has 10 heteroatoms. The molecular formula is C28H31N3O6S. The summed E-state index contributed by atoms with van der Waals surface area (Å²) < 4.78 is 5.52. The largest absolute Gasteiger partial charge is 0.481 e. The molecule has 0 bridgehead atoms. The van der Waals surface area contributed by atoms with Crippen LogP contribution in [0, 0.1) is 0 Å². The molecule has 0 aromatic heterocycles. The number of carbonyl (C=O) groups excluding carboxylic acids is 3. The second-order valence-corrected chi connectivity index (χ2v) is 11.1. The fourth-order valence-corrected chi connectivity index (χ4v) is 7.28. The Bertz CT molecular complexity index is 1190. The molecule has 38 heavy (non-hydrogen) atoms. The van der Waals surface area contributed by atoms with Crippen LogP contribution >= 0.6 is 11.8 Å². The third kappa shape index (κ3) is 5.36. The maximum atomic E-state index is 12.9. The zero-order valence-electron chi connectivity index (χ0n) is 20.9. The molecule has 0 saturated carbocycles. The minimum Gasteiger partial charge on any atom is -0.481 e. The minimum absolute atomic E-state index is 0.00518. The summed E-state index contributed by atoms with van der Waals surface area (Å²) >= 11 is 1.71. The Balaban J connectivity index is 1.07. The average molecular weight is 538 g/mol. The van der Waals surface area contributed by atoms with Crippen LogP contribution in [0.1, 0.15) is 49.1 Å². The van der Waals surface area contributed by atoms with E-state index in [9.17, 15) is 19.2 Å². The Kier molecular flexibility index (Phi) is 7.87. The second-order valence-electron chi connectivity index (χ2n) is 9.82. The SMILES string of the molecule is O=C(O)CCCC[C@@H]1SC[C@H]2C1NC(=O)N2C(=O)CCNC(=O)OCC1c2ccccc2-c2ccccc21. The number of unbranched alkanes of at least 4 members (excludes halogenated alkanes) is 1. The molecule has 1 unspecified atom stereocenters. The number of nitrogens with one attached hydrogen (secondary N) is 2. The number of rotatable bonds is 10. The van der Waals surface area contributed by atoms with Crippen LogP contribution in [0.3, 0.4) is 0 Å². The smallest absolute Gasteiger partial charge is 0.407 e. The van der Waals surface area contributed by atoms with Gasteiger partial charge in [0.05, 0.1) is 12.1 Å². The lowest BCUT2D eigenvalue weighted by Gasteiger charge is -2.20. The number of hydrogen-bond acceptors (Lipinski definition) is 6. The highest BCUT2D eigenvalue weighted by atomic mass is 32.2. The number of imide groups is 1. The molecule has 1 aliphatic carbocycles. The number of thioether (sulfide) groups is 1. The van der Waals surface area contributed by atoms with Crippen molar-refractivity contribution in [1.82, 2.24) is 15.5 Å². The molecule has 5 rings (SSSR count). The van der Waals surface area contributed by atoms with Gasteiger partial charge in [0.1, 0.15) is 6.61 Å². The quantitative estimate of drug-likeness (QED) is 0.309. The molecule has 2 aromatic rings. The Labute approximate surface area is 225 Å². The number of amides is 4. The number of ether oxygens (including phenoxy) is 1. The van der Waals surface area contributed by atoms with Gasteiger partial charge in [0.15, 0.2) is 0 Å². The van der Waals surface area contributed by atoms with E-state index >= 15 is 0 Å². The number of benzene rings is 2. The molecule has 3 aliphatic rings. The topological polar surface area (TPSA) is 125 Å². The lowest BCUT2D eigenvalue weighted by molar-refractivity contribution is -0.137. The summed E-state index contributed by atoms with van der Waals surface area (Å²) in [5, 5.41) is 14.5. The van der Waals surface area contributed by atoms with E-state index in [0.29, 0.717) is 12.2 Å². The summed E-state index contributed by atoms with van der Waals surface area (Å²) in [5.41, 5.74) is 4.55. The monoisotopic (exact) mass is 537 g/mol. The van der Waals surface area contributed by atoms with Crippen LogP contribution in [0.2, 0.25) is 0 Å². The summed E-state index contributed by atoms with van der Waals surface area (Å²) in [7, 11) is 0. The first kappa shape index (κ1) is 26.1. The highest BCUT2D eigenvalue weighted by Crippen LogP contribution is 2.44. The molecule has 0 spiro atoms. The van der Waals surface area contributed by atoms with Crippen molar-refractivity contribution in [2.75, 3.05) is 18.9 Å². The standard InChI is InChI=1S/C28H31N3O6S/c32-24(31-22-16-38-23(26(22)30-27(31)35)11-5-6-12-25(33)34)13-14-29-28(36)37-15-21-19-9-3-1-7-17(19)18-8-2-4-10-20(18)21/h1-4,7-10,21-23,26H,5-6,11-16H2,(H,29,36)(H,30,35)(H,33,34)/t22-,23-,26?/m0/s1. The number of fused-ring (bicyclic) bond motifs is 4. The number of carboxylic acid groups (broad SMARTS) is 1. The second kappa shape index (κ2) is 11.5. The van der Waals surface area contributed by atoms with Crippen molar-refractivity contribution >= 4 is 35.8 Å². The number of carboxylic acids is 1. The van der Waals surface area contributed by atoms with Crippen LogP contribution < -0.4 is 10.6 Å². The summed E-state index contributed by atoms with van der Waals surface area (Å²) in [4.78, 5) is 49.8. The molecular weight excluding hydrogens is 506 g/mol. The van der Waals surface area contributed by atoms with Gasteiger partial charge in [-0.05, 0) is 35.1 Å². The van der Waals surface area contributed by atoms with Gasteiger partial charge >= 0.3 is 18.1 Å². The predicted molar refractivity (Wildman–Crippen MR) is 143 cm³/mol. The normalized spacial score (nSPS) is 21.4. The van der Waals surface area contributed by atoms with Gasteiger partial charge in [-0.15, -0.1) is 0 Å². The molecule has 9 nitrogen and oxygen atoms in total. The molecule has 3 N–H and O–H groups in total. The fourth-order valence-electron chi connectivity index (χ4n) is 5.69. The van der Waals surface area contributed by atoms with Gasteiger partial charge in [-0.3, -0.25) is 14.5 Å². The van der Waals surface area contributed by atoms with E-state index in [1.165, 1.54) is 4.90 Å². The van der Waals surface area contributed by atoms with Gasteiger partial charge in [-0.1, -0.05) is 55.0 Å². The lowest BCUT2D eigenvalue weighted by atomic mass is 9.98. The van der Waals surface area contributed by atoms with Gasteiger partial charge in [0.25, 0.3) is 0 Å². The minimum atomic E-state index is -0.806.